The molecule has 1 aliphatic rings. The van der Waals surface area contributed by atoms with E-state index in [-0.39, 0.29) is 5.91 Å². The number of carboxylic acids is 1. The third-order valence-corrected chi connectivity index (χ3v) is 4.65. The Labute approximate surface area is 129 Å². The number of hydrogen-bond donors (Lipinski definition) is 3. The van der Waals surface area contributed by atoms with Gasteiger partial charge in [0.15, 0.2) is 0 Å². The van der Waals surface area contributed by atoms with Crippen LogP contribution in [0, 0.1) is 0 Å². The minimum Gasteiger partial charge on any atom is -0.480 e. The molecule has 0 saturated carbocycles. The summed E-state index contributed by atoms with van der Waals surface area (Å²) < 4.78 is -0.719. The van der Waals surface area contributed by atoms with Crippen LogP contribution in [0.3, 0.4) is 0 Å². The van der Waals surface area contributed by atoms with Crippen LogP contribution in [0.1, 0.15) is 23.2 Å². The molecule has 5 nitrogen and oxygen atoms in total. The maximum atomic E-state index is 12.2. The van der Waals surface area contributed by atoms with Crippen LogP contribution in [-0.4, -0.2) is 52.8 Å². The zero-order valence-electron chi connectivity index (χ0n) is 12.0. The number of thiol groups is 1. The van der Waals surface area contributed by atoms with Crippen molar-refractivity contribution in [1.29, 1.82) is 0 Å². The number of benzene rings is 1. The second kappa shape index (κ2) is 6.49. The molecule has 1 aromatic rings. The molecule has 21 heavy (non-hydrogen) atoms. The molecule has 0 aliphatic carbocycles. The Hall–Kier alpha value is -1.53. The summed E-state index contributed by atoms with van der Waals surface area (Å²) >= 11 is 4.59. The van der Waals surface area contributed by atoms with E-state index in [1.165, 1.54) is 0 Å². The zero-order chi connectivity index (χ0) is 15.5. The van der Waals surface area contributed by atoms with Gasteiger partial charge in [0, 0.05) is 10.3 Å². The molecule has 1 aliphatic heterocycles. The molecule has 1 amide bonds. The Balaban J connectivity index is 2.13. The summed E-state index contributed by atoms with van der Waals surface area (Å²) in [4.78, 5) is 25.9. The van der Waals surface area contributed by atoms with Crippen molar-refractivity contribution in [2.75, 3.05) is 20.1 Å². The molecule has 1 atom stereocenters. The Morgan fingerprint density at radius 2 is 1.86 bits per heavy atom. The summed E-state index contributed by atoms with van der Waals surface area (Å²) in [5.41, 5.74) is 0.452. The number of aliphatic carboxylic acids is 1. The monoisotopic (exact) mass is 308 g/mol. The quantitative estimate of drug-likeness (QED) is 0.733. The lowest BCUT2D eigenvalue weighted by molar-refractivity contribution is -0.140. The number of nitrogens with zero attached hydrogens (tertiary/aromatic N) is 1. The van der Waals surface area contributed by atoms with E-state index in [0.717, 1.165) is 13.1 Å². The van der Waals surface area contributed by atoms with Gasteiger partial charge in [-0.05, 0) is 45.1 Å². The number of amides is 1. The molecular weight excluding hydrogens is 288 g/mol. The number of likely N-dealkylation sites (tertiary alicyclic amines) is 1. The van der Waals surface area contributed by atoms with Gasteiger partial charge in [-0.15, -0.1) is 0 Å². The van der Waals surface area contributed by atoms with Crippen LogP contribution >= 0.6 is 12.6 Å². The van der Waals surface area contributed by atoms with E-state index in [0.29, 0.717) is 18.4 Å². The Morgan fingerprint density at radius 1 is 1.29 bits per heavy atom. The fourth-order valence-corrected chi connectivity index (χ4v) is 2.90. The van der Waals surface area contributed by atoms with Crippen molar-refractivity contribution < 1.29 is 14.7 Å². The van der Waals surface area contributed by atoms with E-state index in [1.807, 2.05) is 13.1 Å². The molecule has 0 bridgehead atoms. The van der Waals surface area contributed by atoms with Gasteiger partial charge < -0.3 is 15.3 Å². The molecule has 2 N–H and O–H groups in total. The molecular formula is C15H20N2O3S. The van der Waals surface area contributed by atoms with Gasteiger partial charge in [-0.25, -0.2) is 4.79 Å². The van der Waals surface area contributed by atoms with Gasteiger partial charge in [0.2, 0.25) is 0 Å². The van der Waals surface area contributed by atoms with Crippen molar-refractivity contribution in [3.05, 3.63) is 35.9 Å². The second-order valence-corrected chi connectivity index (χ2v) is 6.41. The number of carboxylic acid groups (broad SMARTS) is 1. The van der Waals surface area contributed by atoms with Crippen molar-refractivity contribution in [3.63, 3.8) is 0 Å². The van der Waals surface area contributed by atoms with Gasteiger partial charge in [-0.2, -0.15) is 12.6 Å². The first-order valence-electron chi connectivity index (χ1n) is 6.92. The van der Waals surface area contributed by atoms with Crippen molar-refractivity contribution in [2.24, 2.45) is 0 Å². The van der Waals surface area contributed by atoms with Crippen molar-refractivity contribution in [3.8, 4) is 0 Å². The molecule has 0 unspecified atom stereocenters. The smallest absolute Gasteiger partial charge is 0.327 e. The number of hydrogen-bond acceptors (Lipinski definition) is 4. The van der Waals surface area contributed by atoms with Crippen LogP contribution in [0.15, 0.2) is 30.3 Å². The number of nitrogens with one attached hydrogen (secondary N) is 1. The summed E-state index contributed by atoms with van der Waals surface area (Å²) in [5, 5.41) is 12.1. The lowest BCUT2D eigenvalue weighted by atomic mass is 9.88. The summed E-state index contributed by atoms with van der Waals surface area (Å²) in [5.74, 6) is -1.42. The molecule has 6 heteroatoms. The van der Waals surface area contributed by atoms with E-state index < -0.39 is 16.8 Å². The van der Waals surface area contributed by atoms with Gasteiger partial charge in [0.05, 0.1) is 0 Å². The minimum absolute atomic E-state index is 0.379. The summed E-state index contributed by atoms with van der Waals surface area (Å²) in [7, 11) is 1.99. The Morgan fingerprint density at radius 3 is 2.38 bits per heavy atom. The lowest BCUT2D eigenvalue weighted by Crippen LogP contribution is -2.57. The molecule has 114 valence electrons. The van der Waals surface area contributed by atoms with Crippen molar-refractivity contribution >= 4 is 24.5 Å². The maximum Gasteiger partial charge on any atom is 0.327 e. The van der Waals surface area contributed by atoms with Gasteiger partial charge >= 0.3 is 5.97 Å². The van der Waals surface area contributed by atoms with Crippen LogP contribution in [0.2, 0.25) is 0 Å². The first-order chi connectivity index (χ1) is 9.92. The third kappa shape index (κ3) is 3.77. The summed E-state index contributed by atoms with van der Waals surface area (Å²) in [6.07, 6.45) is 1.25. The van der Waals surface area contributed by atoms with Crippen LogP contribution in [0.25, 0.3) is 0 Å². The molecule has 0 aromatic heterocycles. The number of carbonyl (C=O) groups excluding carboxylic acids is 1. The standard InChI is InChI=1S/C15H20N2O3S/c1-17-9-7-15(21,8-10-17)12(14(19)20)16-13(18)11-5-3-2-4-6-11/h2-6,12,21H,7-10H2,1H3,(H,16,18)(H,19,20)/t12-/m1/s1. The lowest BCUT2D eigenvalue weighted by Gasteiger charge is -2.40. The second-order valence-electron chi connectivity index (χ2n) is 5.52. The van der Waals surface area contributed by atoms with Gasteiger partial charge in [-0.1, -0.05) is 18.2 Å². The van der Waals surface area contributed by atoms with Crippen molar-refractivity contribution in [2.45, 2.75) is 23.6 Å². The van der Waals surface area contributed by atoms with Crippen LogP contribution in [0.5, 0.6) is 0 Å². The average Bonchev–Trinajstić information content (AvgIpc) is 2.48. The molecule has 0 radical (unpaired) electrons. The number of piperidine rings is 1. The molecule has 2 rings (SSSR count). The minimum atomic E-state index is -1.04. The first-order valence-corrected chi connectivity index (χ1v) is 7.37. The highest BCUT2D eigenvalue weighted by atomic mass is 32.1. The molecule has 1 saturated heterocycles. The normalized spacial score (nSPS) is 19.7. The molecule has 1 fully saturated rings. The third-order valence-electron chi connectivity index (χ3n) is 3.95. The Bertz CT molecular complexity index is 513. The molecule has 1 aromatic carbocycles. The van der Waals surface area contributed by atoms with E-state index in [2.05, 4.69) is 22.8 Å². The summed E-state index contributed by atoms with van der Waals surface area (Å²) in [6, 6.07) is 7.63. The predicted molar refractivity (Wildman–Crippen MR) is 83.8 cm³/mol. The topological polar surface area (TPSA) is 69.6 Å². The predicted octanol–water partition coefficient (Wildman–Crippen LogP) is 1.26. The van der Waals surface area contributed by atoms with E-state index >= 15 is 0 Å². The van der Waals surface area contributed by atoms with Crippen molar-refractivity contribution in [1.82, 2.24) is 10.2 Å². The fourth-order valence-electron chi connectivity index (χ4n) is 2.52. The van der Waals surface area contributed by atoms with E-state index in [1.54, 1.807) is 24.3 Å². The van der Waals surface area contributed by atoms with Gasteiger partial charge in [0.1, 0.15) is 6.04 Å². The largest absolute Gasteiger partial charge is 0.480 e. The fraction of sp³-hybridized carbons (Fsp3) is 0.467. The molecule has 0 spiro atoms. The van der Waals surface area contributed by atoms with Crippen LogP contribution < -0.4 is 5.32 Å². The SMILES string of the molecule is CN1CCC(S)([C@H](NC(=O)c2ccccc2)C(=O)O)CC1. The highest BCUT2D eigenvalue weighted by Crippen LogP contribution is 2.32. The summed E-state index contributed by atoms with van der Waals surface area (Å²) in [6.45, 7) is 1.54. The highest BCUT2D eigenvalue weighted by molar-refractivity contribution is 7.82. The number of rotatable bonds is 4. The van der Waals surface area contributed by atoms with Gasteiger partial charge in [-0.3, -0.25) is 4.79 Å². The highest BCUT2D eigenvalue weighted by Gasteiger charge is 2.43. The van der Waals surface area contributed by atoms with E-state index in [9.17, 15) is 14.7 Å². The van der Waals surface area contributed by atoms with Crippen LogP contribution in [-0.2, 0) is 4.79 Å². The Kier molecular flexibility index (Phi) is 4.90. The molecule has 1 heterocycles. The average molecular weight is 308 g/mol. The maximum absolute atomic E-state index is 12.2. The number of carbonyl (C=O) groups is 2. The first kappa shape index (κ1) is 15.9. The van der Waals surface area contributed by atoms with E-state index in [4.69, 9.17) is 0 Å². The zero-order valence-corrected chi connectivity index (χ0v) is 12.8. The van der Waals surface area contributed by atoms with Crippen LogP contribution in [0.4, 0.5) is 0 Å². The van der Waals surface area contributed by atoms with Gasteiger partial charge in [0.25, 0.3) is 5.91 Å².